The van der Waals surface area contributed by atoms with E-state index in [1.54, 1.807) is 6.92 Å². The highest BCUT2D eigenvalue weighted by molar-refractivity contribution is 5.93. The summed E-state index contributed by atoms with van der Waals surface area (Å²) in [5, 5.41) is 20.1. The lowest BCUT2D eigenvalue weighted by atomic mass is 9.99. The summed E-state index contributed by atoms with van der Waals surface area (Å²) in [6.45, 7) is 4.53. The van der Waals surface area contributed by atoms with Gasteiger partial charge in [-0.25, -0.2) is 0 Å². The standard InChI is InChI=1S/C16H19NO3.ClH/c1-3-19-13-10-9-11-7-5-6-8-12(11)14(13)15(18)16(17)20-4-2;/h5-10,15,17-18H,3-4H2,1-2H3;1H. The SMILES string of the molecule is CCOC(=N)C(O)c1c(OCC)ccc2ccccc12.Cl. The van der Waals surface area contributed by atoms with E-state index in [0.29, 0.717) is 24.5 Å². The Hall–Kier alpha value is -1.78. The van der Waals surface area contributed by atoms with Crippen molar-refractivity contribution in [1.82, 2.24) is 0 Å². The van der Waals surface area contributed by atoms with Gasteiger partial charge in [0.1, 0.15) is 5.75 Å². The first-order valence-electron chi connectivity index (χ1n) is 6.72. The number of aliphatic hydroxyl groups excluding tert-OH is 1. The number of hydrogen-bond donors (Lipinski definition) is 2. The van der Waals surface area contributed by atoms with Crippen LogP contribution in [-0.4, -0.2) is 24.2 Å². The molecular formula is C16H20ClNO3. The first kappa shape index (κ1) is 17.3. The van der Waals surface area contributed by atoms with Gasteiger partial charge in [-0.3, -0.25) is 5.41 Å². The number of hydrogen-bond acceptors (Lipinski definition) is 4. The number of rotatable bonds is 5. The zero-order valence-electron chi connectivity index (χ0n) is 12.1. The van der Waals surface area contributed by atoms with E-state index in [1.807, 2.05) is 43.3 Å². The fourth-order valence-corrected chi connectivity index (χ4v) is 2.20. The van der Waals surface area contributed by atoms with Gasteiger partial charge in [-0.2, -0.15) is 0 Å². The second-order valence-corrected chi connectivity index (χ2v) is 4.33. The quantitative estimate of drug-likeness (QED) is 0.654. The highest BCUT2D eigenvalue weighted by Crippen LogP contribution is 2.33. The number of halogens is 1. The van der Waals surface area contributed by atoms with Gasteiger partial charge >= 0.3 is 0 Å². The van der Waals surface area contributed by atoms with E-state index in [9.17, 15) is 5.11 Å². The van der Waals surface area contributed by atoms with Crippen LogP contribution in [-0.2, 0) is 4.74 Å². The van der Waals surface area contributed by atoms with Crippen molar-refractivity contribution in [2.75, 3.05) is 13.2 Å². The number of benzene rings is 2. The number of fused-ring (bicyclic) bond motifs is 1. The van der Waals surface area contributed by atoms with Gasteiger partial charge in [0.2, 0.25) is 5.90 Å². The fourth-order valence-electron chi connectivity index (χ4n) is 2.20. The lowest BCUT2D eigenvalue weighted by molar-refractivity contribution is 0.187. The van der Waals surface area contributed by atoms with E-state index in [1.165, 1.54) is 0 Å². The Kier molecular flexibility index (Phi) is 6.46. The Morgan fingerprint density at radius 2 is 1.86 bits per heavy atom. The molecule has 0 amide bonds. The molecule has 0 aliphatic heterocycles. The van der Waals surface area contributed by atoms with Crippen molar-refractivity contribution >= 4 is 29.1 Å². The van der Waals surface area contributed by atoms with Crippen molar-refractivity contribution in [2.24, 2.45) is 0 Å². The van der Waals surface area contributed by atoms with Crippen LogP contribution in [0.3, 0.4) is 0 Å². The summed E-state index contributed by atoms with van der Waals surface area (Å²) in [7, 11) is 0. The smallest absolute Gasteiger partial charge is 0.215 e. The topological polar surface area (TPSA) is 62.5 Å². The average molecular weight is 310 g/mol. The van der Waals surface area contributed by atoms with Crippen LogP contribution in [0.4, 0.5) is 0 Å². The highest BCUT2D eigenvalue weighted by Gasteiger charge is 2.22. The van der Waals surface area contributed by atoms with Crippen molar-refractivity contribution < 1.29 is 14.6 Å². The second-order valence-electron chi connectivity index (χ2n) is 4.33. The molecule has 5 heteroatoms. The van der Waals surface area contributed by atoms with Crippen molar-refractivity contribution in [3.8, 4) is 5.75 Å². The van der Waals surface area contributed by atoms with Gasteiger partial charge < -0.3 is 14.6 Å². The van der Waals surface area contributed by atoms with Gasteiger partial charge in [0, 0.05) is 5.56 Å². The van der Waals surface area contributed by atoms with Crippen molar-refractivity contribution in [1.29, 1.82) is 5.41 Å². The molecule has 0 aliphatic carbocycles. The third-order valence-corrected chi connectivity index (χ3v) is 3.05. The van der Waals surface area contributed by atoms with E-state index in [-0.39, 0.29) is 18.3 Å². The number of nitrogens with one attached hydrogen (secondary N) is 1. The Morgan fingerprint density at radius 3 is 2.52 bits per heavy atom. The first-order valence-corrected chi connectivity index (χ1v) is 6.72. The zero-order valence-corrected chi connectivity index (χ0v) is 12.9. The van der Waals surface area contributed by atoms with Crippen LogP contribution in [0.25, 0.3) is 10.8 Å². The number of ether oxygens (including phenoxy) is 2. The molecule has 114 valence electrons. The lowest BCUT2D eigenvalue weighted by Gasteiger charge is -2.18. The maximum atomic E-state index is 10.4. The largest absolute Gasteiger partial charge is 0.493 e. The molecule has 1 unspecified atom stereocenters. The monoisotopic (exact) mass is 309 g/mol. The van der Waals surface area contributed by atoms with E-state index < -0.39 is 6.10 Å². The summed E-state index contributed by atoms with van der Waals surface area (Å²) in [6, 6.07) is 11.5. The molecule has 2 N–H and O–H groups in total. The van der Waals surface area contributed by atoms with Crippen LogP contribution in [0.15, 0.2) is 36.4 Å². The molecule has 0 heterocycles. The van der Waals surface area contributed by atoms with E-state index in [0.717, 1.165) is 10.8 Å². The zero-order chi connectivity index (χ0) is 14.5. The van der Waals surface area contributed by atoms with Gasteiger partial charge in [-0.05, 0) is 30.7 Å². The molecule has 0 spiro atoms. The Morgan fingerprint density at radius 1 is 1.14 bits per heavy atom. The van der Waals surface area contributed by atoms with Crippen LogP contribution in [0.5, 0.6) is 5.75 Å². The van der Waals surface area contributed by atoms with Crippen LogP contribution in [0.2, 0.25) is 0 Å². The first-order chi connectivity index (χ1) is 9.69. The van der Waals surface area contributed by atoms with Gasteiger partial charge in [0.15, 0.2) is 6.10 Å². The van der Waals surface area contributed by atoms with Gasteiger partial charge in [0.25, 0.3) is 0 Å². The molecule has 0 saturated heterocycles. The maximum Gasteiger partial charge on any atom is 0.215 e. The van der Waals surface area contributed by atoms with Gasteiger partial charge in [-0.1, -0.05) is 30.3 Å². The molecule has 0 fully saturated rings. The van der Waals surface area contributed by atoms with Crippen molar-refractivity contribution in [2.45, 2.75) is 20.0 Å². The molecule has 0 saturated carbocycles. The predicted molar refractivity (Wildman–Crippen MR) is 86.7 cm³/mol. The van der Waals surface area contributed by atoms with E-state index >= 15 is 0 Å². The molecule has 2 rings (SSSR count). The minimum Gasteiger partial charge on any atom is -0.493 e. The summed E-state index contributed by atoms with van der Waals surface area (Å²) in [4.78, 5) is 0. The van der Waals surface area contributed by atoms with Gasteiger partial charge in [0.05, 0.1) is 13.2 Å². The summed E-state index contributed by atoms with van der Waals surface area (Å²) in [6.07, 6.45) is -1.12. The fraction of sp³-hybridized carbons (Fsp3) is 0.312. The second kappa shape index (κ2) is 7.86. The van der Waals surface area contributed by atoms with Crippen LogP contribution < -0.4 is 4.74 Å². The highest BCUT2D eigenvalue weighted by atomic mass is 35.5. The minimum atomic E-state index is -1.12. The predicted octanol–water partition coefficient (Wildman–Crippen LogP) is 3.71. The van der Waals surface area contributed by atoms with Crippen molar-refractivity contribution in [3.63, 3.8) is 0 Å². The molecule has 1 atom stereocenters. The summed E-state index contributed by atoms with van der Waals surface area (Å²) >= 11 is 0. The molecule has 2 aromatic carbocycles. The number of aliphatic hydroxyl groups is 1. The van der Waals surface area contributed by atoms with E-state index in [4.69, 9.17) is 14.9 Å². The Labute approximate surface area is 130 Å². The third kappa shape index (κ3) is 3.65. The summed E-state index contributed by atoms with van der Waals surface area (Å²) < 4.78 is 10.7. The molecular weight excluding hydrogens is 290 g/mol. The molecule has 4 nitrogen and oxygen atoms in total. The molecule has 0 aliphatic rings. The molecule has 0 radical (unpaired) electrons. The third-order valence-electron chi connectivity index (χ3n) is 3.05. The van der Waals surface area contributed by atoms with Crippen LogP contribution in [0, 0.1) is 5.41 Å². The van der Waals surface area contributed by atoms with Crippen LogP contribution in [0.1, 0.15) is 25.5 Å². The minimum absolute atomic E-state index is 0. The normalized spacial score (nSPS) is 11.6. The summed E-state index contributed by atoms with van der Waals surface area (Å²) in [5.41, 5.74) is 0.586. The molecule has 0 aromatic heterocycles. The van der Waals surface area contributed by atoms with Crippen molar-refractivity contribution in [3.05, 3.63) is 42.0 Å². The molecule has 21 heavy (non-hydrogen) atoms. The van der Waals surface area contributed by atoms with Crippen LogP contribution >= 0.6 is 12.4 Å². The lowest BCUT2D eigenvalue weighted by Crippen LogP contribution is -2.16. The summed E-state index contributed by atoms with van der Waals surface area (Å²) in [5.74, 6) is 0.424. The van der Waals surface area contributed by atoms with Gasteiger partial charge in [-0.15, -0.1) is 12.4 Å². The molecule has 2 aromatic rings. The molecule has 0 bridgehead atoms. The van der Waals surface area contributed by atoms with E-state index in [2.05, 4.69) is 0 Å². The Bertz CT molecular complexity index is 615. The average Bonchev–Trinajstić information content (AvgIpc) is 2.47. The Balaban J connectivity index is 0.00000220. The maximum absolute atomic E-state index is 10.4.